The zero-order valence-corrected chi connectivity index (χ0v) is 15.5. The monoisotopic (exact) mass is 419 g/mol. The maximum Gasteiger partial charge on any atom is 0.417 e. The molecule has 4 rings (SSSR count). The van der Waals surface area contributed by atoms with Crippen molar-refractivity contribution in [3.8, 4) is 11.5 Å². The Morgan fingerprint density at radius 2 is 1.97 bits per heavy atom. The number of hydrogen-bond donors (Lipinski definition) is 1. The molecule has 0 saturated carbocycles. The highest BCUT2D eigenvalue weighted by Crippen LogP contribution is 2.35. The fraction of sp³-hybridized carbons (Fsp3) is 0.238. The van der Waals surface area contributed by atoms with Crippen LogP contribution in [0.5, 0.6) is 11.5 Å². The number of para-hydroxylation sites is 1. The van der Waals surface area contributed by atoms with Crippen molar-refractivity contribution in [2.45, 2.75) is 18.6 Å². The van der Waals surface area contributed by atoms with Gasteiger partial charge in [0, 0.05) is 29.5 Å². The van der Waals surface area contributed by atoms with Crippen molar-refractivity contribution in [1.82, 2.24) is 5.32 Å². The first-order valence-electron chi connectivity index (χ1n) is 9.10. The number of fused-ring (bicyclic) bond motifs is 2. The molecule has 6 nitrogen and oxygen atoms in total. The molecule has 0 fully saturated rings. The van der Waals surface area contributed by atoms with Crippen molar-refractivity contribution >= 4 is 16.9 Å². The number of rotatable bonds is 4. The Labute approximate surface area is 168 Å². The van der Waals surface area contributed by atoms with Crippen LogP contribution in [-0.4, -0.2) is 19.1 Å². The van der Waals surface area contributed by atoms with E-state index in [0.29, 0.717) is 24.8 Å². The summed E-state index contributed by atoms with van der Waals surface area (Å²) in [5.41, 5.74) is -1.62. The van der Waals surface area contributed by atoms with Crippen LogP contribution >= 0.6 is 0 Å². The zero-order valence-electron chi connectivity index (χ0n) is 15.5. The SMILES string of the molecule is O=C(COc1ccc2c(C(F)(F)F)cc(=O)oc2c1)NC1CCOc2ccccc21. The summed E-state index contributed by atoms with van der Waals surface area (Å²) in [6, 6.07) is 11.1. The van der Waals surface area contributed by atoms with Crippen LogP contribution in [0.4, 0.5) is 13.2 Å². The largest absolute Gasteiger partial charge is 0.493 e. The van der Waals surface area contributed by atoms with Gasteiger partial charge in [0.15, 0.2) is 6.61 Å². The summed E-state index contributed by atoms with van der Waals surface area (Å²) in [4.78, 5) is 23.8. The van der Waals surface area contributed by atoms with Gasteiger partial charge in [0.1, 0.15) is 17.1 Å². The lowest BCUT2D eigenvalue weighted by Gasteiger charge is -2.26. The Morgan fingerprint density at radius 3 is 2.77 bits per heavy atom. The highest BCUT2D eigenvalue weighted by Gasteiger charge is 2.34. The smallest absolute Gasteiger partial charge is 0.417 e. The molecule has 1 aliphatic heterocycles. The van der Waals surface area contributed by atoms with Crippen LogP contribution in [0.3, 0.4) is 0 Å². The molecule has 0 radical (unpaired) electrons. The highest BCUT2D eigenvalue weighted by atomic mass is 19.4. The number of carbonyl (C=O) groups is 1. The van der Waals surface area contributed by atoms with Gasteiger partial charge in [-0.15, -0.1) is 0 Å². The number of hydrogen-bond acceptors (Lipinski definition) is 5. The fourth-order valence-electron chi connectivity index (χ4n) is 3.34. The molecule has 30 heavy (non-hydrogen) atoms. The maximum atomic E-state index is 13.1. The molecule has 3 aromatic rings. The van der Waals surface area contributed by atoms with E-state index in [0.717, 1.165) is 17.7 Å². The molecule has 9 heteroatoms. The molecule has 2 aromatic carbocycles. The summed E-state index contributed by atoms with van der Waals surface area (Å²) in [6.45, 7) is 0.113. The molecule has 1 unspecified atom stereocenters. The van der Waals surface area contributed by atoms with Crippen molar-refractivity contribution in [2.75, 3.05) is 13.2 Å². The third-order valence-electron chi connectivity index (χ3n) is 4.69. The second-order valence-corrected chi connectivity index (χ2v) is 6.72. The normalized spacial score (nSPS) is 15.9. The van der Waals surface area contributed by atoms with Crippen LogP contribution in [0.25, 0.3) is 11.0 Å². The van der Waals surface area contributed by atoms with E-state index in [9.17, 15) is 22.8 Å². The summed E-state index contributed by atoms with van der Waals surface area (Å²) < 4.78 is 55.1. The van der Waals surface area contributed by atoms with Crippen molar-refractivity contribution in [2.24, 2.45) is 0 Å². The number of ether oxygens (including phenoxy) is 2. The summed E-state index contributed by atoms with van der Waals surface area (Å²) in [7, 11) is 0. The molecule has 0 saturated heterocycles. The molecule has 0 aliphatic carbocycles. The van der Waals surface area contributed by atoms with Crippen molar-refractivity contribution in [3.63, 3.8) is 0 Å². The third-order valence-corrected chi connectivity index (χ3v) is 4.69. The first kappa shape index (κ1) is 19.8. The lowest BCUT2D eigenvalue weighted by molar-refractivity contribution is -0.136. The van der Waals surface area contributed by atoms with Crippen molar-refractivity contribution in [1.29, 1.82) is 0 Å². The van der Waals surface area contributed by atoms with E-state index >= 15 is 0 Å². The number of halogens is 3. The predicted molar refractivity (Wildman–Crippen MR) is 100 cm³/mol. The molecule has 1 N–H and O–H groups in total. The molecule has 1 aromatic heterocycles. The summed E-state index contributed by atoms with van der Waals surface area (Å²) in [5, 5.41) is 2.59. The number of carbonyl (C=O) groups excluding carboxylic acids is 1. The average Bonchev–Trinajstić information content (AvgIpc) is 2.71. The van der Waals surface area contributed by atoms with Gasteiger partial charge in [-0.05, 0) is 18.2 Å². The molecule has 1 amide bonds. The van der Waals surface area contributed by atoms with Crippen LogP contribution in [0.2, 0.25) is 0 Å². The Hall–Kier alpha value is -3.49. The van der Waals surface area contributed by atoms with Gasteiger partial charge in [0.05, 0.1) is 18.2 Å². The molecule has 0 spiro atoms. The minimum absolute atomic E-state index is 0.104. The second-order valence-electron chi connectivity index (χ2n) is 6.72. The fourth-order valence-corrected chi connectivity index (χ4v) is 3.34. The van der Waals surface area contributed by atoms with Crippen LogP contribution in [0, 0.1) is 0 Å². The van der Waals surface area contributed by atoms with Gasteiger partial charge in [0.2, 0.25) is 0 Å². The van der Waals surface area contributed by atoms with E-state index in [1.54, 1.807) is 0 Å². The minimum atomic E-state index is -4.70. The van der Waals surface area contributed by atoms with Crippen LogP contribution < -0.4 is 20.4 Å². The summed E-state index contributed by atoms with van der Waals surface area (Å²) >= 11 is 0. The summed E-state index contributed by atoms with van der Waals surface area (Å²) in [5.74, 6) is 0.412. The van der Waals surface area contributed by atoms with E-state index in [4.69, 9.17) is 13.9 Å². The third kappa shape index (κ3) is 4.10. The molecule has 1 aliphatic rings. The Morgan fingerprint density at radius 1 is 1.17 bits per heavy atom. The second kappa shape index (κ2) is 7.74. The predicted octanol–water partition coefficient (Wildman–Crippen LogP) is 3.83. The Balaban J connectivity index is 1.46. The topological polar surface area (TPSA) is 77.8 Å². The van der Waals surface area contributed by atoms with Crippen LogP contribution in [0.15, 0.2) is 57.7 Å². The summed E-state index contributed by atoms with van der Waals surface area (Å²) in [6.07, 6.45) is -4.10. The van der Waals surface area contributed by atoms with E-state index < -0.39 is 23.3 Å². The van der Waals surface area contributed by atoms with Gasteiger partial charge >= 0.3 is 11.8 Å². The molecule has 2 heterocycles. The Bertz CT molecular complexity index is 1160. The van der Waals surface area contributed by atoms with Gasteiger partial charge in [-0.1, -0.05) is 18.2 Å². The van der Waals surface area contributed by atoms with E-state index in [1.165, 1.54) is 6.07 Å². The molecule has 156 valence electrons. The van der Waals surface area contributed by atoms with Gasteiger partial charge in [-0.3, -0.25) is 4.79 Å². The van der Waals surface area contributed by atoms with Crippen LogP contribution in [0.1, 0.15) is 23.6 Å². The van der Waals surface area contributed by atoms with Gasteiger partial charge in [0.25, 0.3) is 5.91 Å². The lowest BCUT2D eigenvalue weighted by atomic mass is 10.0. The first-order chi connectivity index (χ1) is 14.3. The maximum absolute atomic E-state index is 13.1. The van der Waals surface area contributed by atoms with E-state index in [-0.39, 0.29) is 29.4 Å². The minimum Gasteiger partial charge on any atom is -0.493 e. The lowest BCUT2D eigenvalue weighted by Crippen LogP contribution is -2.35. The van der Waals surface area contributed by atoms with Crippen molar-refractivity contribution < 1.29 is 31.9 Å². The van der Waals surface area contributed by atoms with Crippen LogP contribution in [-0.2, 0) is 11.0 Å². The van der Waals surface area contributed by atoms with Gasteiger partial charge in [-0.25, -0.2) is 4.79 Å². The van der Waals surface area contributed by atoms with E-state index in [2.05, 4.69) is 5.32 Å². The standard InChI is InChI=1S/C21H16F3NO5/c22-21(23,24)15-10-20(27)30-18-9-12(5-6-13(15)18)29-11-19(26)25-16-7-8-28-17-4-2-1-3-14(16)17/h1-6,9-10,16H,7-8,11H2,(H,25,26). The number of amides is 1. The molecular weight excluding hydrogens is 403 g/mol. The first-order valence-corrected chi connectivity index (χ1v) is 9.10. The molecular formula is C21H16F3NO5. The van der Waals surface area contributed by atoms with E-state index in [1.807, 2.05) is 24.3 Å². The van der Waals surface area contributed by atoms with Gasteiger partial charge < -0.3 is 19.2 Å². The molecule has 0 bridgehead atoms. The number of alkyl halides is 3. The molecule has 1 atom stereocenters. The highest BCUT2D eigenvalue weighted by molar-refractivity contribution is 5.82. The Kier molecular flexibility index (Phi) is 5.11. The van der Waals surface area contributed by atoms with Gasteiger partial charge in [-0.2, -0.15) is 13.2 Å². The number of benzene rings is 2. The number of nitrogens with one attached hydrogen (secondary N) is 1. The zero-order chi connectivity index (χ0) is 21.3. The average molecular weight is 419 g/mol. The van der Waals surface area contributed by atoms with Crippen molar-refractivity contribution in [3.05, 3.63) is 70.1 Å². The quantitative estimate of drug-likeness (QED) is 0.651.